The normalized spacial score (nSPS) is 18.1. The van der Waals surface area contributed by atoms with Crippen LogP contribution in [0, 0.1) is 0 Å². The van der Waals surface area contributed by atoms with Crippen molar-refractivity contribution in [1.82, 2.24) is 35.4 Å². The van der Waals surface area contributed by atoms with Gasteiger partial charge >= 0.3 is 12.1 Å². The first-order chi connectivity index (χ1) is 22.2. The van der Waals surface area contributed by atoms with Crippen LogP contribution < -0.4 is 15.4 Å². The van der Waals surface area contributed by atoms with Gasteiger partial charge in [0.1, 0.15) is 18.0 Å². The highest BCUT2D eigenvalue weighted by Gasteiger charge is 2.52. The van der Waals surface area contributed by atoms with E-state index in [-0.39, 0.29) is 43.9 Å². The molecule has 0 radical (unpaired) electrons. The maximum absolute atomic E-state index is 14.2. The molecule has 3 aromatic rings. The Morgan fingerprint density at radius 2 is 1.78 bits per heavy atom. The highest BCUT2D eigenvalue weighted by atomic mass is 16.6. The predicted molar refractivity (Wildman–Crippen MR) is 175 cm³/mol. The fourth-order valence-corrected chi connectivity index (χ4v) is 6.02. The van der Waals surface area contributed by atoms with E-state index in [2.05, 4.69) is 17.2 Å². The molecule has 2 heterocycles. The zero-order valence-corrected chi connectivity index (χ0v) is 26.5. The fourth-order valence-electron chi connectivity index (χ4n) is 6.02. The lowest BCUT2D eigenvalue weighted by atomic mass is 9.99. The van der Waals surface area contributed by atoms with Crippen LogP contribution in [0.1, 0.15) is 11.1 Å². The van der Waals surface area contributed by atoms with Crippen LogP contribution in [-0.4, -0.2) is 115 Å². The van der Waals surface area contributed by atoms with Crippen molar-refractivity contribution in [1.29, 1.82) is 0 Å². The van der Waals surface area contributed by atoms with Crippen molar-refractivity contribution < 1.29 is 23.9 Å². The quantitative estimate of drug-likeness (QED) is 0.314. The molecule has 2 saturated heterocycles. The second-order valence-corrected chi connectivity index (χ2v) is 11.6. The molecule has 46 heavy (non-hydrogen) atoms. The number of benzene rings is 3. The Morgan fingerprint density at radius 3 is 2.50 bits per heavy atom. The molecule has 5 rings (SSSR count). The van der Waals surface area contributed by atoms with Crippen LogP contribution in [0.3, 0.4) is 0 Å². The predicted octanol–water partition coefficient (Wildman–Crippen LogP) is 2.66. The molecule has 2 fully saturated rings. The Kier molecular flexibility index (Phi) is 10.2. The van der Waals surface area contributed by atoms with Crippen LogP contribution in [0.25, 0.3) is 10.8 Å². The molecular formula is C34H41N7O5. The molecule has 0 saturated carbocycles. The molecule has 2 aliphatic rings. The second-order valence-electron chi connectivity index (χ2n) is 11.6. The Balaban J connectivity index is 1.41. The number of nitrogens with one attached hydrogen (secondary N) is 2. The van der Waals surface area contributed by atoms with E-state index in [1.807, 2.05) is 61.5 Å². The van der Waals surface area contributed by atoms with Gasteiger partial charge in [0.05, 0.1) is 19.6 Å². The van der Waals surface area contributed by atoms with E-state index in [0.29, 0.717) is 25.4 Å². The smallest absolute Gasteiger partial charge is 0.410 e. The average Bonchev–Trinajstić information content (AvgIpc) is 3.37. The van der Waals surface area contributed by atoms with Gasteiger partial charge in [0.25, 0.3) is 0 Å². The standard InChI is InChI=1S/C34H41N7O5/c1-5-18-39(33(44)35-2)40-23-31(42)41-29(20-24-13-15-27(16-14-24)46-34(45)36-17-19-37(3)4)32(43)38(22-30(40)41)21-26-11-8-10-25-9-6-7-12-28(25)26/h5-16,29-30H,1,17-23H2,2-4H3,(H,35,44)(H,36,45)/t29-,30+/m0/s1. The largest absolute Gasteiger partial charge is 0.412 e. The molecule has 0 bridgehead atoms. The van der Waals surface area contributed by atoms with Gasteiger partial charge in [-0.2, -0.15) is 5.01 Å². The average molecular weight is 628 g/mol. The van der Waals surface area contributed by atoms with Crippen LogP contribution in [0.5, 0.6) is 5.75 Å². The first kappa shape index (κ1) is 32.5. The molecule has 5 amide bonds. The minimum absolute atomic E-state index is 0.0481. The SMILES string of the molecule is C=CCN(C(=O)NC)N1CC(=O)N2[C@@H](Cc3ccc(OC(=O)NCCN(C)C)cc3)C(=O)N(Cc3cccc4ccccc34)C[C@@H]21. The number of nitrogens with zero attached hydrogens (tertiary/aromatic N) is 5. The Hall–Kier alpha value is -4.94. The number of hydrazine groups is 1. The zero-order chi connectivity index (χ0) is 32.8. The van der Waals surface area contributed by atoms with Gasteiger partial charge in [-0.1, -0.05) is 60.7 Å². The van der Waals surface area contributed by atoms with Crippen LogP contribution in [0.15, 0.2) is 79.4 Å². The van der Waals surface area contributed by atoms with Crippen LogP contribution >= 0.6 is 0 Å². The fraction of sp³-hybridized carbons (Fsp3) is 0.353. The Morgan fingerprint density at radius 1 is 1.04 bits per heavy atom. The van der Waals surface area contributed by atoms with Gasteiger partial charge in [-0.15, -0.1) is 6.58 Å². The van der Waals surface area contributed by atoms with E-state index in [0.717, 1.165) is 21.9 Å². The highest BCUT2D eigenvalue weighted by molar-refractivity contribution is 5.92. The van der Waals surface area contributed by atoms with E-state index in [4.69, 9.17) is 4.74 Å². The van der Waals surface area contributed by atoms with E-state index >= 15 is 0 Å². The summed E-state index contributed by atoms with van der Waals surface area (Å²) in [7, 11) is 5.37. The summed E-state index contributed by atoms with van der Waals surface area (Å²) >= 11 is 0. The number of rotatable bonds is 11. The maximum atomic E-state index is 14.2. The van der Waals surface area contributed by atoms with Crippen LogP contribution in [0.2, 0.25) is 0 Å². The minimum Gasteiger partial charge on any atom is -0.410 e. The van der Waals surface area contributed by atoms with E-state index in [1.165, 1.54) is 12.1 Å². The number of carbonyl (C=O) groups is 4. The number of fused-ring (bicyclic) bond motifs is 2. The lowest BCUT2D eigenvalue weighted by Gasteiger charge is -2.46. The summed E-state index contributed by atoms with van der Waals surface area (Å²) in [6.45, 7) is 5.65. The summed E-state index contributed by atoms with van der Waals surface area (Å²) in [5.74, 6) is -0.0405. The number of carbonyl (C=O) groups excluding carboxylic acids is 4. The van der Waals surface area contributed by atoms with Crippen LogP contribution in [-0.2, 0) is 22.6 Å². The topological polar surface area (TPSA) is 118 Å². The number of hydrogen-bond acceptors (Lipinski definition) is 7. The number of likely N-dealkylation sites (N-methyl/N-ethyl adjacent to an activating group) is 1. The van der Waals surface area contributed by atoms with Gasteiger partial charge in [-0.25, -0.2) is 9.59 Å². The van der Waals surface area contributed by atoms with Crippen molar-refractivity contribution in [3.63, 3.8) is 0 Å². The first-order valence-electron chi connectivity index (χ1n) is 15.3. The first-order valence-corrected chi connectivity index (χ1v) is 15.3. The zero-order valence-electron chi connectivity index (χ0n) is 26.5. The monoisotopic (exact) mass is 627 g/mol. The lowest BCUT2D eigenvalue weighted by molar-refractivity contribution is -0.157. The molecule has 0 aliphatic carbocycles. The molecule has 2 N–H and O–H groups in total. The van der Waals surface area contributed by atoms with E-state index < -0.39 is 18.3 Å². The third kappa shape index (κ3) is 7.13. The molecular weight excluding hydrogens is 586 g/mol. The van der Waals surface area contributed by atoms with Gasteiger partial charge in [-0.05, 0) is 48.1 Å². The van der Waals surface area contributed by atoms with Crippen molar-refractivity contribution in [2.24, 2.45) is 0 Å². The number of piperazine rings is 1. The molecule has 242 valence electrons. The van der Waals surface area contributed by atoms with Gasteiger partial charge in [0, 0.05) is 33.1 Å². The summed E-state index contributed by atoms with van der Waals surface area (Å²) in [5, 5.41) is 10.7. The minimum atomic E-state index is -0.803. The third-order valence-corrected chi connectivity index (χ3v) is 8.26. The van der Waals surface area contributed by atoms with Gasteiger partial charge in [0.15, 0.2) is 0 Å². The molecule has 2 aliphatic heterocycles. The van der Waals surface area contributed by atoms with Crippen molar-refractivity contribution in [2.45, 2.75) is 25.2 Å². The highest BCUT2D eigenvalue weighted by Crippen LogP contribution is 2.31. The molecule has 0 unspecified atom stereocenters. The summed E-state index contributed by atoms with van der Waals surface area (Å²) in [6.07, 6.45) is 0.744. The molecule has 0 aromatic heterocycles. The van der Waals surface area contributed by atoms with Gasteiger partial charge in [-0.3, -0.25) is 14.6 Å². The molecule has 12 nitrogen and oxygen atoms in total. The summed E-state index contributed by atoms with van der Waals surface area (Å²) in [5.41, 5.74) is 1.79. The molecule has 2 atom stereocenters. The molecule has 0 spiro atoms. The lowest BCUT2D eigenvalue weighted by Crippen LogP contribution is -2.65. The van der Waals surface area contributed by atoms with Crippen molar-refractivity contribution in [3.05, 3.63) is 90.5 Å². The van der Waals surface area contributed by atoms with Crippen LogP contribution in [0.4, 0.5) is 9.59 Å². The number of hydrogen-bond donors (Lipinski definition) is 2. The summed E-state index contributed by atoms with van der Waals surface area (Å²) in [6, 6.07) is 19.8. The van der Waals surface area contributed by atoms with E-state index in [1.54, 1.807) is 45.2 Å². The number of amides is 5. The van der Waals surface area contributed by atoms with Gasteiger partial charge in [0.2, 0.25) is 11.8 Å². The Labute approximate surface area is 269 Å². The van der Waals surface area contributed by atoms with Crippen molar-refractivity contribution in [2.75, 3.05) is 53.9 Å². The van der Waals surface area contributed by atoms with Gasteiger partial charge < -0.3 is 30.1 Å². The summed E-state index contributed by atoms with van der Waals surface area (Å²) < 4.78 is 5.40. The number of urea groups is 1. The summed E-state index contributed by atoms with van der Waals surface area (Å²) in [4.78, 5) is 58.3. The third-order valence-electron chi connectivity index (χ3n) is 8.26. The Bertz CT molecular complexity index is 1590. The molecule has 3 aromatic carbocycles. The second kappa shape index (κ2) is 14.4. The number of ether oxygens (including phenoxy) is 1. The maximum Gasteiger partial charge on any atom is 0.412 e. The van der Waals surface area contributed by atoms with Crippen molar-refractivity contribution >= 4 is 34.7 Å². The molecule has 12 heteroatoms. The van der Waals surface area contributed by atoms with Crippen molar-refractivity contribution in [3.8, 4) is 5.75 Å². The van der Waals surface area contributed by atoms with E-state index in [9.17, 15) is 19.2 Å².